The van der Waals surface area contributed by atoms with Crippen molar-refractivity contribution in [3.63, 3.8) is 0 Å². The molecule has 31 heavy (non-hydrogen) atoms. The van der Waals surface area contributed by atoms with Crippen LogP contribution in [-0.2, 0) is 16.1 Å². The number of rotatable bonds is 12. The van der Waals surface area contributed by atoms with Crippen LogP contribution in [0.25, 0.3) is 0 Å². The quantitative estimate of drug-likeness (QED) is 0.561. The summed E-state index contributed by atoms with van der Waals surface area (Å²) in [6.07, 6.45) is 1.32. The number of benzene rings is 2. The van der Waals surface area contributed by atoms with Crippen LogP contribution in [0.2, 0.25) is 0 Å². The first-order chi connectivity index (χ1) is 15.0. The Morgan fingerprint density at radius 3 is 2.23 bits per heavy atom. The van der Waals surface area contributed by atoms with Crippen LogP contribution >= 0.6 is 0 Å². The lowest BCUT2D eigenvalue weighted by atomic mass is 10.1. The van der Waals surface area contributed by atoms with Crippen LogP contribution in [0.15, 0.2) is 48.5 Å². The molecule has 0 unspecified atom stereocenters. The summed E-state index contributed by atoms with van der Waals surface area (Å²) in [4.78, 5) is 27.5. The van der Waals surface area contributed by atoms with E-state index in [0.29, 0.717) is 24.5 Å². The second-order valence-electron chi connectivity index (χ2n) is 7.02. The van der Waals surface area contributed by atoms with E-state index in [1.165, 1.54) is 0 Å². The number of carbonyl (C=O) groups is 2. The van der Waals surface area contributed by atoms with E-state index in [1.807, 2.05) is 50.2 Å². The fourth-order valence-corrected chi connectivity index (χ4v) is 3.17. The molecule has 0 saturated carbocycles. The Kier molecular flexibility index (Phi) is 9.68. The Balaban J connectivity index is 2.21. The largest absolute Gasteiger partial charge is 0.497 e. The van der Waals surface area contributed by atoms with Gasteiger partial charge in [0.1, 0.15) is 11.8 Å². The highest BCUT2D eigenvalue weighted by molar-refractivity contribution is 5.88. The number of hydrogen-bond acceptors (Lipinski definition) is 5. The molecule has 2 rings (SSSR count). The van der Waals surface area contributed by atoms with E-state index in [2.05, 4.69) is 5.32 Å². The van der Waals surface area contributed by atoms with E-state index in [1.54, 1.807) is 31.3 Å². The molecule has 0 heterocycles. The topological polar surface area (TPSA) is 77.1 Å². The maximum absolute atomic E-state index is 13.2. The summed E-state index contributed by atoms with van der Waals surface area (Å²) in [5, 5.41) is 2.90. The number of amides is 2. The van der Waals surface area contributed by atoms with Crippen molar-refractivity contribution in [2.75, 3.05) is 27.4 Å². The standard InChI is InChI=1S/C24H32N2O5/c1-5-15-25-24(28)20(6-2)26(16-18-11-13-19(29-3)14-12-18)23(27)17-31-22-10-8-7-9-21(22)30-4/h7-14,20H,5-6,15-17H2,1-4H3,(H,25,28)/t20-/m1/s1. The predicted octanol–water partition coefficient (Wildman–Crippen LogP) is 3.42. The number of para-hydroxylation sites is 2. The Morgan fingerprint density at radius 2 is 1.65 bits per heavy atom. The third-order valence-electron chi connectivity index (χ3n) is 4.87. The van der Waals surface area contributed by atoms with Gasteiger partial charge in [0.15, 0.2) is 18.1 Å². The van der Waals surface area contributed by atoms with Crippen molar-refractivity contribution in [3.05, 3.63) is 54.1 Å². The van der Waals surface area contributed by atoms with Crippen molar-refractivity contribution in [1.29, 1.82) is 0 Å². The molecule has 0 saturated heterocycles. The monoisotopic (exact) mass is 428 g/mol. The van der Waals surface area contributed by atoms with Crippen molar-refractivity contribution in [2.24, 2.45) is 0 Å². The van der Waals surface area contributed by atoms with Gasteiger partial charge in [0.2, 0.25) is 5.91 Å². The molecule has 7 heteroatoms. The van der Waals surface area contributed by atoms with Crippen molar-refractivity contribution < 1.29 is 23.8 Å². The lowest BCUT2D eigenvalue weighted by Crippen LogP contribution is -2.50. The predicted molar refractivity (Wildman–Crippen MR) is 119 cm³/mol. The number of nitrogens with zero attached hydrogens (tertiary/aromatic N) is 1. The second-order valence-corrected chi connectivity index (χ2v) is 7.02. The Bertz CT molecular complexity index is 838. The first-order valence-corrected chi connectivity index (χ1v) is 10.5. The molecule has 0 spiro atoms. The number of ether oxygens (including phenoxy) is 3. The molecule has 0 aliphatic rings. The van der Waals surface area contributed by atoms with Gasteiger partial charge in [0.25, 0.3) is 5.91 Å². The molecule has 7 nitrogen and oxygen atoms in total. The van der Waals surface area contributed by atoms with Gasteiger partial charge < -0.3 is 24.4 Å². The lowest BCUT2D eigenvalue weighted by Gasteiger charge is -2.30. The fraction of sp³-hybridized carbons (Fsp3) is 0.417. The minimum absolute atomic E-state index is 0.163. The zero-order chi connectivity index (χ0) is 22.6. The summed E-state index contributed by atoms with van der Waals surface area (Å²) in [6.45, 7) is 4.54. The molecule has 0 aromatic heterocycles. The lowest BCUT2D eigenvalue weighted by molar-refractivity contribution is -0.143. The molecule has 0 bridgehead atoms. The van der Waals surface area contributed by atoms with E-state index in [4.69, 9.17) is 14.2 Å². The van der Waals surface area contributed by atoms with Gasteiger partial charge in [-0.2, -0.15) is 0 Å². The maximum atomic E-state index is 13.2. The van der Waals surface area contributed by atoms with Gasteiger partial charge in [0.05, 0.1) is 14.2 Å². The molecule has 1 atom stereocenters. The van der Waals surface area contributed by atoms with Gasteiger partial charge in [-0.15, -0.1) is 0 Å². The van der Waals surface area contributed by atoms with Crippen molar-refractivity contribution in [2.45, 2.75) is 39.3 Å². The van der Waals surface area contributed by atoms with Gasteiger partial charge in [0, 0.05) is 13.1 Å². The summed E-state index contributed by atoms with van der Waals surface area (Å²) in [7, 11) is 3.15. The normalized spacial score (nSPS) is 11.4. The molecule has 2 amide bonds. The molecule has 2 aromatic carbocycles. The number of carbonyl (C=O) groups excluding carboxylic acids is 2. The summed E-state index contributed by atoms with van der Waals surface area (Å²) in [6, 6.07) is 14.0. The third kappa shape index (κ3) is 6.91. The van der Waals surface area contributed by atoms with E-state index >= 15 is 0 Å². The van der Waals surface area contributed by atoms with Crippen LogP contribution in [0.3, 0.4) is 0 Å². The molecule has 2 aromatic rings. The Hall–Kier alpha value is -3.22. The fourth-order valence-electron chi connectivity index (χ4n) is 3.17. The maximum Gasteiger partial charge on any atom is 0.261 e. The van der Waals surface area contributed by atoms with Crippen molar-refractivity contribution in [3.8, 4) is 17.2 Å². The van der Waals surface area contributed by atoms with E-state index in [-0.39, 0.29) is 25.0 Å². The molecule has 168 valence electrons. The average molecular weight is 429 g/mol. The van der Waals surface area contributed by atoms with Crippen LogP contribution in [-0.4, -0.2) is 50.1 Å². The molecular formula is C24H32N2O5. The minimum atomic E-state index is -0.595. The molecule has 0 aliphatic carbocycles. The first kappa shape index (κ1) is 24.1. The number of hydrogen-bond donors (Lipinski definition) is 1. The number of methoxy groups -OCH3 is 2. The van der Waals surface area contributed by atoms with Gasteiger partial charge in [-0.05, 0) is 42.7 Å². The summed E-state index contributed by atoms with van der Waals surface area (Å²) in [5.41, 5.74) is 0.896. The smallest absolute Gasteiger partial charge is 0.261 e. The first-order valence-electron chi connectivity index (χ1n) is 10.5. The van der Waals surface area contributed by atoms with Crippen LogP contribution in [0, 0.1) is 0 Å². The Labute approximate surface area is 184 Å². The molecule has 0 radical (unpaired) electrons. The van der Waals surface area contributed by atoms with Gasteiger partial charge >= 0.3 is 0 Å². The minimum Gasteiger partial charge on any atom is -0.497 e. The zero-order valence-corrected chi connectivity index (χ0v) is 18.7. The molecule has 0 aliphatic heterocycles. The number of nitrogens with one attached hydrogen (secondary N) is 1. The van der Waals surface area contributed by atoms with Crippen LogP contribution in [0.5, 0.6) is 17.2 Å². The van der Waals surface area contributed by atoms with Crippen LogP contribution in [0.1, 0.15) is 32.3 Å². The zero-order valence-electron chi connectivity index (χ0n) is 18.7. The van der Waals surface area contributed by atoms with E-state index < -0.39 is 6.04 Å². The van der Waals surface area contributed by atoms with Crippen LogP contribution in [0.4, 0.5) is 0 Å². The summed E-state index contributed by atoms with van der Waals surface area (Å²) in [5.74, 6) is 1.31. The highest BCUT2D eigenvalue weighted by Gasteiger charge is 2.29. The molecular weight excluding hydrogens is 396 g/mol. The highest BCUT2D eigenvalue weighted by atomic mass is 16.5. The van der Waals surface area contributed by atoms with Crippen molar-refractivity contribution in [1.82, 2.24) is 10.2 Å². The second kappa shape index (κ2) is 12.5. The van der Waals surface area contributed by atoms with Gasteiger partial charge in [-0.1, -0.05) is 38.1 Å². The van der Waals surface area contributed by atoms with Gasteiger partial charge in [-0.25, -0.2) is 0 Å². The molecule has 0 fully saturated rings. The SMILES string of the molecule is CCCNC(=O)[C@@H](CC)N(Cc1ccc(OC)cc1)C(=O)COc1ccccc1OC. The molecule has 1 N–H and O–H groups in total. The van der Waals surface area contributed by atoms with Crippen molar-refractivity contribution >= 4 is 11.8 Å². The van der Waals surface area contributed by atoms with Gasteiger partial charge in [-0.3, -0.25) is 9.59 Å². The van der Waals surface area contributed by atoms with Crippen LogP contribution < -0.4 is 19.5 Å². The van der Waals surface area contributed by atoms with E-state index in [9.17, 15) is 9.59 Å². The highest BCUT2D eigenvalue weighted by Crippen LogP contribution is 2.26. The average Bonchev–Trinajstić information content (AvgIpc) is 2.81. The summed E-state index contributed by atoms with van der Waals surface area (Å²) >= 11 is 0. The van der Waals surface area contributed by atoms with E-state index in [0.717, 1.165) is 17.7 Å². The summed E-state index contributed by atoms with van der Waals surface area (Å²) < 4.78 is 16.2. The third-order valence-corrected chi connectivity index (χ3v) is 4.87. The Morgan fingerprint density at radius 1 is 0.968 bits per heavy atom.